The average molecular weight is 336 g/mol. The number of para-hydroxylation sites is 2. The topological polar surface area (TPSA) is 33.2 Å². The number of benzene rings is 2. The van der Waals surface area contributed by atoms with Crippen LogP contribution < -0.4 is 4.90 Å². The molecule has 3 rings (SSSR count). The van der Waals surface area contributed by atoms with Crippen LogP contribution in [0.3, 0.4) is 0 Å². The van der Waals surface area contributed by atoms with Gasteiger partial charge in [-0.3, -0.25) is 4.79 Å². The number of amides is 1. The maximum Gasteiger partial charge on any atom is 0.239 e. The van der Waals surface area contributed by atoms with Crippen LogP contribution >= 0.6 is 11.8 Å². The number of aryl methyl sites for hydroxylation is 1. The van der Waals surface area contributed by atoms with Gasteiger partial charge in [0, 0.05) is 18.1 Å². The molecule has 1 atom stereocenters. The molecule has 0 saturated carbocycles. The van der Waals surface area contributed by atoms with Gasteiger partial charge in [0.15, 0.2) is 0 Å². The van der Waals surface area contributed by atoms with Crippen LogP contribution in [0.4, 0.5) is 5.69 Å². The van der Waals surface area contributed by atoms with Crippen molar-refractivity contribution in [3.05, 3.63) is 66.2 Å². The Labute approximate surface area is 146 Å². The number of nitrogens with zero attached hydrogens (tertiary/aromatic N) is 2. The second-order valence-electron chi connectivity index (χ2n) is 5.79. The molecule has 0 aliphatic heterocycles. The number of carbonyl (C=O) groups excluding carboxylic acids is 1. The number of hydrogen-bond acceptors (Lipinski definition) is 3. The van der Waals surface area contributed by atoms with Crippen molar-refractivity contribution in [2.75, 3.05) is 11.9 Å². The zero-order valence-electron chi connectivity index (χ0n) is 14.1. The second kappa shape index (κ2) is 7.05. The van der Waals surface area contributed by atoms with E-state index >= 15 is 0 Å². The van der Waals surface area contributed by atoms with Gasteiger partial charge in [-0.1, -0.05) is 48.2 Å². The molecule has 0 bridgehead atoms. The minimum Gasteiger partial charge on any atom is -0.315 e. The van der Waals surface area contributed by atoms with E-state index in [1.54, 1.807) is 4.90 Å². The molecule has 1 aromatic heterocycles. The first kappa shape index (κ1) is 16.5. The van der Waals surface area contributed by atoms with Gasteiger partial charge in [-0.2, -0.15) is 0 Å². The van der Waals surface area contributed by atoms with E-state index < -0.39 is 0 Å². The molecule has 24 heavy (non-hydrogen) atoms. The van der Waals surface area contributed by atoms with Gasteiger partial charge in [-0.25, -0.2) is 4.98 Å². The maximum atomic E-state index is 12.7. The lowest BCUT2D eigenvalue weighted by Gasteiger charge is -2.21. The van der Waals surface area contributed by atoms with Crippen LogP contribution in [-0.2, 0) is 4.79 Å². The fourth-order valence-electron chi connectivity index (χ4n) is 2.66. The fourth-order valence-corrected chi connectivity index (χ4v) is 3.68. The molecule has 3 aromatic rings. The highest BCUT2D eigenvalue weighted by Gasteiger charge is 2.20. The minimum absolute atomic E-state index is 0.0683. The summed E-state index contributed by atoms with van der Waals surface area (Å²) < 4.78 is 0. The van der Waals surface area contributed by atoms with Crippen LogP contribution in [0.2, 0.25) is 0 Å². The van der Waals surface area contributed by atoms with Crippen LogP contribution in [-0.4, -0.2) is 23.2 Å². The van der Waals surface area contributed by atoms with Gasteiger partial charge in [-0.05, 0) is 43.7 Å². The largest absolute Gasteiger partial charge is 0.315 e. The standard InChI is InChI=1S/C20H20N2OS/c1-14-13-19(21-18-12-8-7-11-17(14)18)24-15(2)20(23)22(3)16-9-5-4-6-10-16/h4-13,15H,1-3H3. The van der Waals surface area contributed by atoms with Crippen LogP contribution in [0.25, 0.3) is 10.9 Å². The van der Waals surface area contributed by atoms with Crippen LogP contribution in [0, 0.1) is 6.92 Å². The lowest BCUT2D eigenvalue weighted by atomic mass is 10.1. The summed E-state index contributed by atoms with van der Waals surface area (Å²) >= 11 is 1.50. The molecule has 122 valence electrons. The molecule has 0 aliphatic carbocycles. The predicted octanol–water partition coefficient (Wildman–Crippen LogP) is 4.69. The lowest BCUT2D eigenvalue weighted by molar-refractivity contribution is -0.117. The number of aromatic nitrogens is 1. The Morgan fingerprint density at radius 3 is 2.50 bits per heavy atom. The molecule has 1 heterocycles. The minimum atomic E-state index is -0.205. The van der Waals surface area contributed by atoms with Crippen molar-refractivity contribution in [1.29, 1.82) is 0 Å². The summed E-state index contributed by atoms with van der Waals surface area (Å²) in [6.45, 7) is 4.01. The lowest BCUT2D eigenvalue weighted by Crippen LogP contribution is -2.33. The zero-order valence-corrected chi connectivity index (χ0v) is 14.9. The summed E-state index contributed by atoms with van der Waals surface area (Å²) in [6.07, 6.45) is 0. The number of thioether (sulfide) groups is 1. The predicted molar refractivity (Wildman–Crippen MR) is 102 cm³/mol. The molecule has 0 radical (unpaired) electrons. The quantitative estimate of drug-likeness (QED) is 0.648. The van der Waals surface area contributed by atoms with Crippen LogP contribution in [0.15, 0.2) is 65.7 Å². The van der Waals surface area contributed by atoms with Crippen molar-refractivity contribution in [2.45, 2.75) is 24.1 Å². The van der Waals surface area contributed by atoms with E-state index in [2.05, 4.69) is 24.0 Å². The maximum absolute atomic E-state index is 12.7. The number of hydrogen-bond donors (Lipinski definition) is 0. The molecule has 0 saturated heterocycles. The van der Waals surface area contributed by atoms with E-state index in [-0.39, 0.29) is 11.2 Å². The zero-order chi connectivity index (χ0) is 17.1. The van der Waals surface area contributed by atoms with E-state index in [0.717, 1.165) is 21.6 Å². The third-order valence-corrected chi connectivity index (χ3v) is 5.02. The average Bonchev–Trinajstić information content (AvgIpc) is 2.61. The van der Waals surface area contributed by atoms with Gasteiger partial charge in [0.2, 0.25) is 5.91 Å². The van der Waals surface area contributed by atoms with Crippen molar-refractivity contribution < 1.29 is 4.79 Å². The third-order valence-electron chi connectivity index (χ3n) is 4.02. The van der Waals surface area contributed by atoms with Crippen molar-refractivity contribution >= 4 is 34.3 Å². The summed E-state index contributed by atoms with van der Waals surface area (Å²) in [4.78, 5) is 19.1. The van der Waals surface area contributed by atoms with E-state index in [1.807, 2.05) is 62.5 Å². The van der Waals surface area contributed by atoms with Crippen molar-refractivity contribution in [2.24, 2.45) is 0 Å². The molecule has 0 aliphatic rings. The van der Waals surface area contributed by atoms with Crippen molar-refractivity contribution in [3.63, 3.8) is 0 Å². The second-order valence-corrected chi connectivity index (χ2v) is 7.15. The summed E-state index contributed by atoms with van der Waals surface area (Å²) in [7, 11) is 1.81. The first-order valence-corrected chi connectivity index (χ1v) is 8.80. The fraction of sp³-hybridized carbons (Fsp3) is 0.200. The molecule has 0 N–H and O–H groups in total. The van der Waals surface area contributed by atoms with Crippen molar-refractivity contribution in [3.8, 4) is 0 Å². The summed E-state index contributed by atoms with van der Waals surface area (Å²) in [5, 5.41) is 1.83. The van der Waals surface area contributed by atoms with E-state index in [1.165, 1.54) is 17.3 Å². The van der Waals surface area contributed by atoms with E-state index in [9.17, 15) is 4.79 Å². The number of pyridine rings is 1. The van der Waals surface area contributed by atoms with Gasteiger partial charge >= 0.3 is 0 Å². The molecule has 4 heteroatoms. The SMILES string of the molecule is Cc1cc(SC(C)C(=O)N(C)c2ccccc2)nc2ccccc12. The number of rotatable bonds is 4. The van der Waals surface area contributed by atoms with Crippen LogP contribution in [0.5, 0.6) is 0 Å². The molecule has 1 amide bonds. The Hall–Kier alpha value is -2.33. The van der Waals surface area contributed by atoms with E-state index in [4.69, 9.17) is 0 Å². The normalized spacial score (nSPS) is 12.1. The Bertz CT molecular complexity index is 864. The highest BCUT2D eigenvalue weighted by atomic mass is 32.2. The summed E-state index contributed by atoms with van der Waals surface area (Å²) in [5.74, 6) is 0.0683. The first-order valence-electron chi connectivity index (χ1n) is 7.92. The number of fused-ring (bicyclic) bond motifs is 1. The van der Waals surface area contributed by atoms with Gasteiger partial charge < -0.3 is 4.90 Å². The van der Waals surface area contributed by atoms with Crippen molar-refractivity contribution in [1.82, 2.24) is 4.98 Å². The molecule has 1 unspecified atom stereocenters. The summed E-state index contributed by atoms with van der Waals surface area (Å²) in [6, 6.07) is 19.8. The van der Waals surface area contributed by atoms with E-state index in [0.29, 0.717) is 0 Å². The highest BCUT2D eigenvalue weighted by Crippen LogP contribution is 2.28. The highest BCUT2D eigenvalue weighted by molar-refractivity contribution is 8.00. The van der Waals surface area contributed by atoms with Gasteiger partial charge in [-0.15, -0.1) is 0 Å². The Morgan fingerprint density at radius 2 is 1.75 bits per heavy atom. The third kappa shape index (κ3) is 3.44. The smallest absolute Gasteiger partial charge is 0.239 e. The molecule has 0 spiro atoms. The Morgan fingerprint density at radius 1 is 1.08 bits per heavy atom. The van der Waals surface area contributed by atoms with Gasteiger partial charge in [0.1, 0.15) is 0 Å². The summed E-state index contributed by atoms with van der Waals surface area (Å²) in [5.41, 5.74) is 3.05. The molecule has 3 nitrogen and oxygen atoms in total. The molecular weight excluding hydrogens is 316 g/mol. The first-order chi connectivity index (χ1) is 11.6. The van der Waals surface area contributed by atoms with Gasteiger partial charge in [0.05, 0.1) is 15.8 Å². The molecule has 2 aromatic carbocycles. The monoisotopic (exact) mass is 336 g/mol. The number of carbonyl (C=O) groups is 1. The molecule has 0 fully saturated rings. The van der Waals surface area contributed by atoms with Crippen LogP contribution in [0.1, 0.15) is 12.5 Å². The Balaban J connectivity index is 1.79. The Kier molecular flexibility index (Phi) is 4.86. The number of anilines is 1. The van der Waals surface area contributed by atoms with Gasteiger partial charge in [0.25, 0.3) is 0 Å². The molecular formula is C20H20N2OS.